The molecule has 38 heavy (non-hydrogen) atoms. The lowest BCUT2D eigenvalue weighted by Crippen LogP contribution is -2.47. The number of carbonyl (C=O) groups is 2. The number of pyridine rings is 1. The van der Waals surface area contributed by atoms with E-state index in [0.717, 1.165) is 5.69 Å². The Morgan fingerprint density at radius 1 is 1.21 bits per heavy atom. The van der Waals surface area contributed by atoms with E-state index >= 15 is 0 Å². The Morgan fingerprint density at radius 3 is 2.50 bits per heavy atom. The summed E-state index contributed by atoms with van der Waals surface area (Å²) < 4.78 is 19.0. The second-order valence-electron chi connectivity index (χ2n) is 10.6. The smallest absolute Gasteiger partial charge is 0.321 e. The van der Waals surface area contributed by atoms with E-state index in [-0.39, 0.29) is 47.6 Å². The molecule has 2 aromatic heterocycles. The molecule has 0 unspecified atom stereocenters. The molecule has 2 fully saturated rings. The number of amides is 2. The van der Waals surface area contributed by atoms with Crippen molar-refractivity contribution < 1.29 is 23.8 Å². The van der Waals surface area contributed by atoms with Gasteiger partial charge in [-0.1, -0.05) is 0 Å². The van der Waals surface area contributed by atoms with Crippen LogP contribution in [0, 0.1) is 5.92 Å². The molecule has 1 atom stereocenters. The molecule has 1 aliphatic heterocycles. The molecule has 1 aliphatic carbocycles. The summed E-state index contributed by atoms with van der Waals surface area (Å²) in [5, 5.41) is 12.9. The average Bonchev–Trinajstić information content (AvgIpc) is 2.85. The highest BCUT2D eigenvalue weighted by Gasteiger charge is 2.31. The van der Waals surface area contributed by atoms with E-state index in [4.69, 9.17) is 16.2 Å². The van der Waals surface area contributed by atoms with Crippen LogP contribution in [0.1, 0.15) is 79.2 Å². The maximum Gasteiger partial charge on any atom is 0.321 e. The highest BCUT2D eigenvalue weighted by molar-refractivity contribution is 5.95. The van der Waals surface area contributed by atoms with Gasteiger partial charge in [0.05, 0.1) is 23.9 Å². The number of nitrogens with zero attached hydrogens (tertiary/aromatic N) is 5. The van der Waals surface area contributed by atoms with Crippen molar-refractivity contribution >= 4 is 23.5 Å². The van der Waals surface area contributed by atoms with Crippen LogP contribution in [-0.2, 0) is 0 Å². The molecular formula is C25H35FN8O4. The summed E-state index contributed by atoms with van der Waals surface area (Å²) in [6.07, 6.45) is 1.43. The maximum atomic E-state index is 13.2. The third kappa shape index (κ3) is 6.44. The van der Waals surface area contributed by atoms with Crippen molar-refractivity contribution in [2.24, 2.45) is 11.7 Å². The fraction of sp³-hybridized carbons (Fsp3) is 0.600. The molecule has 1 saturated carbocycles. The van der Waals surface area contributed by atoms with Crippen LogP contribution in [0.4, 0.5) is 16.0 Å². The number of hydrogen-bond donors (Lipinski definition) is 4. The molecule has 0 radical (unpaired) electrons. The van der Waals surface area contributed by atoms with Crippen LogP contribution in [0.5, 0.6) is 6.01 Å². The number of aliphatic hydroxyl groups is 1. The lowest BCUT2D eigenvalue weighted by molar-refractivity contribution is 0.0405. The number of anilines is 2. The van der Waals surface area contributed by atoms with Crippen molar-refractivity contribution in [2.45, 2.75) is 70.2 Å². The predicted octanol–water partition coefficient (Wildman–Crippen LogP) is 1.35. The molecule has 206 valence electrons. The van der Waals surface area contributed by atoms with Crippen LogP contribution in [0.15, 0.2) is 12.1 Å². The van der Waals surface area contributed by atoms with Crippen LogP contribution in [0.3, 0.4) is 0 Å². The van der Waals surface area contributed by atoms with Gasteiger partial charge >= 0.3 is 6.01 Å². The summed E-state index contributed by atoms with van der Waals surface area (Å²) in [6, 6.07) is 2.86. The van der Waals surface area contributed by atoms with E-state index < -0.39 is 29.6 Å². The van der Waals surface area contributed by atoms with Gasteiger partial charge in [0, 0.05) is 24.7 Å². The molecule has 12 nitrogen and oxygen atoms in total. The number of primary amides is 1. The molecule has 0 bridgehead atoms. The number of rotatable bonds is 9. The molecule has 4 rings (SSSR count). The van der Waals surface area contributed by atoms with Gasteiger partial charge in [-0.3, -0.25) is 9.59 Å². The monoisotopic (exact) mass is 530 g/mol. The number of nitrogens with two attached hydrogens (primary N) is 2. The summed E-state index contributed by atoms with van der Waals surface area (Å²) in [4.78, 5) is 43.9. The number of ether oxygens (including phenoxy) is 1. The number of aromatic nitrogens is 4. The quantitative estimate of drug-likeness (QED) is 0.369. The largest absolute Gasteiger partial charge is 0.463 e. The number of halogens is 1. The van der Waals surface area contributed by atoms with E-state index in [1.165, 1.54) is 0 Å². The Kier molecular flexibility index (Phi) is 7.95. The number of nitrogens with one attached hydrogen (secondary N) is 1. The number of alkyl halides is 1. The van der Waals surface area contributed by atoms with Crippen LogP contribution in [0.25, 0.3) is 0 Å². The van der Waals surface area contributed by atoms with Crippen molar-refractivity contribution in [3.05, 3.63) is 29.3 Å². The van der Waals surface area contributed by atoms with Gasteiger partial charge in [0.1, 0.15) is 6.17 Å². The fourth-order valence-electron chi connectivity index (χ4n) is 4.36. The highest BCUT2D eigenvalue weighted by Crippen LogP contribution is 2.31. The Balaban J connectivity index is 1.50. The second-order valence-corrected chi connectivity index (χ2v) is 10.6. The molecular weight excluding hydrogens is 495 g/mol. The van der Waals surface area contributed by atoms with Crippen LogP contribution >= 0.6 is 0 Å². The number of carbonyl (C=O) groups excluding carboxylic acids is 2. The minimum atomic E-state index is -1.15. The maximum absolute atomic E-state index is 13.2. The fourth-order valence-corrected chi connectivity index (χ4v) is 4.36. The van der Waals surface area contributed by atoms with Gasteiger partial charge in [-0.2, -0.15) is 15.0 Å². The van der Waals surface area contributed by atoms with Gasteiger partial charge in [0.2, 0.25) is 11.8 Å². The zero-order valence-corrected chi connectivity index (χ0v) is 21.9. The lowest BCUT2D eigenvalue weighted by atomic mass is 9.84. The summed E-state index contributed by atoms with van der Waals surface area (Å²) in [5.74, 6) is -0.939. The van der Waals surface area contributed by atoms with Crippen molar-refractivity contribution in [3.8, 4) is 6.01 Å². The van der Waals surface area contributed by atoms with E-state index in [9.17, 15) is 19.1 Å². The zero-order chi connectivity index (χ0) is 27.6. The van der Waals surface area contributed by atoms with Crippen LogP contribution < -0.4 is 26.4 Å². The van der Waals surface area contributed by atoms with E-state index in [1.54, 1.807) is 32.9 Å². The molecule has 3 heterocycles. The predicted molar refractivity (Wildman–Crippen MR) is 138 cm³/mol. The first kappa shape index (κ1) is 27.4. The standard InChI is InChI=1S/C25H35FN8O4/c1-13(25(2,3)37)29-22(36)21-31-23(33-24(32-21)38-12-14-10-16(26)11-14)34-8-6-15(7-9-34)18-5-4-17(27)19(30-18)20(28)35/h4-5,13-16,37H,6-12,27H2,1-3H3,(H2,28,35)(H,29,36)/t13-,14?,16?/m1/s1. The molecule has 0 aromatic carbocycles. The number of piperidine rings is 1. The summed E-state index contributed by atoms with van der Waals surface area (Å²) >= 11 is 0. The first-order valence-corrected chi connectivity index (χ1v) is 12.8. The second kappa shape index (κ2) is 11.0. The molecule has 2 aliphatic rings. The van der Waals surface area contributed by atoms with Gasteiger partial charge in [-0.25, -0.2) is 9.37 Å². The van der Waals surface area contributed by atoms with Gasteiger partial charge in [0.25, 0.3) is 11.8 Å². The Morgan fingerprint density at radius 2 is 1.89 bits per heavy atom. The van der Waals surface area contributed by atoms with E-state index in [0.29, 0.717) is 38.8 Å². The normalized spacial score (nSPS) is 20.9. The minimum Gasteiger partial charge on any atom is -0.463 e. The Bertz CT molecular complexity index is 1180. The highest BCUT2D eigenvalue weighted by atomic mass is 19.1. The Labute approximate surface area is 220 Å². The molecule has 2 aromatic rings. The molecule has 6 N–H and O–H groups in total. The molecule has 2 amide bonds. The lowest BCUT2D eigenvalue weighted by Gasteiger charge is -2.32. The number of hydrogen-bond acceptors (Lipinski definition) is 10. The first-order chi connectivity index (χ1) is 17.9. The third-order valence-electron chi connectivity index (χ3n) is 7.22. The summed E-state index contributed by atoms with van der Waals surface area (Å²) in [5.41, 5.74) is 11.1. The van der Waals surface area contributed by atoms with Gasteiger partial charge in [-0.15, -0.1) is 0 Å². The Hall–Kier alpha value is -3.61. The molecule has 0 spiro atoms. The van der Waals surface area contributed by atoms with Gasteiger partial charge < -0.3 is 31.5 Å². The van der Waals surface area contributed by atoms with Crippen LogP contribution in [-0.4, -0.2) is 74.4 Å². The van der Waals surface area contributed by atoms with Crippen molar-refractivity contribution in [3.63, 3.8) is 0 Å². The van der Waals surface area contributed by atoms with Crippen LogP contribution in [0.2, 0.25) is 0 Å². The summed E-state index contributed by atoms with van der Waals surface area (Å²) in [6.45, 7) is 6.22. The SMILES string of the molecule is C[C@@H](NC(=O)c1nc(OCC2CC(F)C2)nc(N2CCC(c3ccc(N)c(C(N)=O)n3)CC2)n1)C(C)(C)O. The van der Waals surface area contributed by atoms with Crippen molar-refractivity contribution in [1.82, 2.24) is 25.3 Å². The van der Waals surface area contributed by atoms with Crippen molar-refractivity contribution in [1.29, 1.82) is 0 Å². The third-order valence-corrected chi connectivity index (χ3v) is 7.22. The van der Waals surface area contributed by atoms with Gasteiger partial charge in [0.15, 0.2) is 5.69 Å². The zero-order valence-electron chi connectivity index (χ0n) is 21.9. The minimum absolute atomic E-state index is 0.00760. The topological polar surface area (TPSA) is 182 Å². The van der Waals surface area contributed by atoms with Gasteiger partial charge in [-0.05, 0) is 64.5 Å². The molecule has 1 saturated heterocycles. The molecule has 13 heteroatoms. The first-order valence-electron chi connectivity index (χ1n) is 12.8. The van der Waals surface area contributed by atoms with E-state index in [1.807, 2.05) is 4.90 Å². The number of nitrogen functional groups attached to an aromatic ring is 1. The summed E-state index contributed by atoms with van der Waals surface area (Å²) in [7, 11) is 0. The van der Waals surface area contributed by atoms with E-state index in [2.05, 4.69) is 25.3 Å². The van der Waals surface area contributed by atoms with Crippen molar-refractivity contribution in [2.75, 3.05) is 30.3 Å². The average molecular weight is 531 g/mol.